The zero-order valence-electron chi connectivity index (χ0n) is 14.0. The summed E-state index contributed by atoms with van der Waals surface area (Å²) in [5.41, 5.74) is 1.17. The quantitative estimate of drug-likeness (QED) is 0.487. The predicted octanol–water partition coefficient (Wildman–Crippen LogP) is 4.63. The van der Waals surface area contributed by atoms with Crippen molar-refractivity contribution in [2.45, 2.75) is 64.4 Å². The van der Waals surface area contributed by atoms with Gasteiger partial charge in [0.25, 0.3) is 0 Å². The number of hydrogen-bond acceptors (Lipinski definition) is 4. The number of phenols is 1. The highest BCUT2D eigenvalue weighted by molar-refractivity contribution is 5.59. The molecule has 0 radical (unpaired) electrons. The molecule has 1 aromatic carbocycles. The molecule has 1 aliphatic rings. The summed E-state index contributed by atoms with van der Waals surface area (Å²) in [6, 6.07) is 1.76. The van der Waals surface area contributed by atoms with Crippen molar-refractivity contribution in [2.24, 2.45) is 0 Å². The number of aliphatic hydroxyl groups is 1. The molecule has 2 N–H and O–H groups in total. The summed E-state index contributed by atoms with van der Waals surface area (Å²) in [6.45, 7) is 6.03. The van der Waals surface area contributed by atoms with Crippen molar-refractivity contribution < 1.29 is 19.7 Å². The maximum absolute atomic E-state index is 10.5. The second-order valence-electron chi connectivity index (χ2n) is 6.10. The number of phenolic OH excluding ortho intramolecular Hbond substituents is 1. The topological polar surface area (TPSA) is 58.9 Å². The summed E-state index contributed by atoms with van der Waals surface area (Å²) in [4.78, 5) is 0. The predicted molar refractivity (Wildman–Crippen MR) is 91.1 cm³/mol. The maximum atomic E-state index is 10.5. The Bertz CT molecular complexity index is 525. The van der Waals surface area contributed by atoms with E-state index in [9.17, 15) is 10.2 Å². The first kappa shape index (κ1) is 17.7. The molecule has 23 heavy (non-hydrogen) atoms. The van der Waals surface area contributed by atoms with Crippen LogP contribution in [-0.2, 0) is 6.42 Å². The molecule has 1 aliphatic heterocycles. The number of hydrogen-bond donors (Lipinski definition) is 2. The first-order chi connectivity index (χ1) is 11.2. The van der Waals surface area contributed by atoms with E-state index >= 15 is 0 Å². The van der Waals surface area contributed by atoms with Crippen LogP contribution in [0.15, 0.2) is 18.7 Å². The Morgan fingerprint density at radius 1 is 1.22 bits per heavy atom. The standard InChI is InChI=1S/C19H28O4/c1-3-5-6-7-8-9-11-15(20)17-18(21)14(10-4-2)12-16-19(17)23-13-22-16/h4,12,15,20-21H,2-3,5-11,13H2,1H3. The van der Waals surface area contributed by atoms with Crippen LogP contribution in [-0.4, -0.2) is 17.0 Å². The Balaban J connectivity index is 2.04. The van der Waals surface area contributed by atoms with Crippen molar-refractivity contribution in [3.05, 3.63) is 29.8 Å². The van der Waals surface area contributed by atoms with Gasteiger partial charge in [-0.05, 0) is 18.9 Å². The Labute approximate surface area is 138 Å². The smallest absolute Gasteiger partial charge is 0.231 e. The van der Waals surface area contributed by atoms with E-state index in [0.717, 1.165) is 12.8 Å². The number of allylic oxidation sites excluding steroid dienone is 1. The van der Waals surface area contributed by atoms with Crippen LogP contribution in [0.2, 0.25) is 0 Å². The van der Waals surface area contributed by atoms with Gasteiger partial charge in [0.15, 0.2) is 11.5 Å². The zero-order valence-corrected chi connectivity index (χ0v) is 14.0. The lowest BCUT2D eigenvalue weighted by molar-refractivity contribution is 0.146. The van der Waals surface area contributed by atoms with Gasteiger partial charge in [0.1, 0.15) is 5.75 Å². The van der Waals surface area contributed by atoms with E-state index in [1.807, 2.05) is 0 Å². The largest absolute Gasteiger partial charge is 0.507 e. The number of rotatable bonds is 10. The van der Waals surface area contributed by atoms with Crippen LogP contribution < -0.4 is 9.47 Å². The van der Waals surface area contributed by atoms with Crippen molar-refractivity contribution in [1.82, 2.24) is 0 Å². The molecule has 4 heteroatoms. The van der Waals surface area contributed by atoms with E-state index in [4.69, 9.17) is 9.47 Å². The van der Waals surface area contributed by atoms with Gasteiger partial charge in [-0.2, -0.15) is 0 Å². The molecule has 2 rings (SSSR count). The Morgan fingerprint density at radius 2 is 1.96 bits per heavy atom. The fraction of sp³-hybridized carbons (Fsp3) is 0.579. The zero-order chi connectivity index (χ0) is 16.7. The highest BCUT2D eigenvalue weighted by Crippen LogP contribution is 2.47. The van der Waals surface area contributed by atoms with Crippen LogP contribution in [0.5, 0.6) is 17.2 Å². The van der Waals surface area contributed by atoms with Gasteiger partial charge >= 0.3 is 0 Å². The molecule has 1 aromatic rings. The molecule has 1 heterocycles. The van der Waals surface area contributed by atoms with Crippen LogP contribution >= 0.6 is 0 Å². The summed E-state index contributed by atoms with van der Waals surface area (Å²) in [5, 5.41) is 21.0. The molecular formula is C19H28O4. The molecule has 0 amide bonds. The normalized spacial score (nSPS) is 14.0. The van der Waals surface area contributed by atoms with Crippen molar-refractivity contribution in [3.8, 4) is 17.2 Å². The lowest BCUT2D eigenvalue weighted by Gasteiger charge is -2.17. The number of benzene rings is 1. The summed E-state index contributed by atoms with van der Waals surface area (Å²) in [5.74, 6) is 1.18. The minimum Gasteiger partial charge on any atom is -0.507 e. The first-order valence-electron chi connectivity index (χ1n) is 8.62. The van der Waals surface area contributed by atoms with Gasteiger partial charge in [0, 0.05) is 5.56 Å². The SMILES string of the molecule is C=CCc1cc2c(c(C(O)CCCCCCCC)c1O)OCO2. The van der Waals surface area contributed by atoms with E-state index in [1.54, 1.807) is 12.1 Å². The van der Waals surface area contributed by atoms with E-state index in [1.165, 1.54) is 25.7 Å². The molecular weight excluding hydrogens is 292 g/mol. The maximum Gasteiger partial charge on any atom is 0.231 e. The fourth-order valence-electron chi connectivity index (χ4n) is 3.00. The molecule has 0 aliphatic carbocycles. The molecule has 1 atom stereocenters. The highest BCUT2D eigenvalue weighted by atomic mass is 16.7. The number of fused-ring (bicyclic) bond motifs is 1. The summed E-state index contributed by atoms with van der Waals surface area (Å²) in [6.07, 6.45) is 9.12. The monoisotopic (exact) mass is 320 g/mol. The fourth-order valence-corrected chi connectivity index (χ4v) is 3.00. The molecule has 0 saturated carbocycles. The van der Waals surface area contributed by atoms with Crippen LogP contribution in [0.3, 0.4) is 0 Å². The van der Waals surface area contributed by atoms with Gasteiger partial charge in [-0.15, -0.1) is 6.58 Å². The number of unbranched alkanes of at least 4 members (excludes halogenated alkanes) is 5. The van der Waals surface area contributed by atoms with Crippen LogP contribution in [0.1, 0.15) is 69.1 Å². The highest BCUT2D eigenvalue weighted by Gasteiger charge is 2.28. The van der Waals surface area contributed by atoms with Gasteiger partial charge in [0.05, 0.1) is 11.7 Å². The van der Waals surface area contributed by atoms with E-state index in [-0.39, 0.29) is 12.5 Å². The number of ether oxygens (including phenoxy) is 2. The molecule has 0 fully saturated rings. The Morgan fingerprint density at radius 3 is 2.70 bits per heavy atom. The molecule has 0 bridgehead atoms. The van der Waals surface area contributed by atoms with E-state index in [0.29, 0.717) is 35.5 Å². The number of aromatic hydroxyl groups is 1. The summed E-state index contributed by atoms with van der Waals surface area (Å²) in [7, 11) is 0. The average Bonchev–Trinajstić information content (AvgIpc) is 2.99. The van der Waals surface area contributed by atoms with Crippen molar-refractivity contribution >= 4 is 0 Å². The van der Waals surface area contributed by atoms with Gasteiger partial charge in [0.2, 0.25) is 6.79 Å². The average molecular weight is 320 g/mol. The van der Waals surface area contributed by atoms with Crippen molar-refractivity contribution in [2.75, 3.05) is 6.79 Å². The molecule has 0 aromatic heterocycles. The van der Waals surface area contributed by atoms with Gasteiger partial charge < -0.3 is 19.7 Å². The van der Waals surface area contributed by atoms with Crippen LogP contribution in [0.4, 0.5) is 0 Å². The number of aliphatic hydroxyl groups excluding tert-OH is 1. The Hall–Kier alpha value is -1.68. The lowest BCUT2D eigenvalue weighted by Crippen LogP contribution is -2.02. The molecule has 0 saturated heterocycles. The third kappa shape index (κ3) is 4.41. The Kier molecular flexibility index (Phi) is 6.78. The second-order valence-corrected chi connectivity index (χ2v) is 6.10. The van der Waals surface area contributed by atoms with E-state index < -0.39 is 6.10 Å². The summed E-state index contributed by atoms with van der Waals surface area (Å²) >= 11 is 0. The summed E-state index contributed by atoms with van der Waals surface area (Å²) < 4.78 is 10.9. The van der Waals surface area contributed by atoms with Crippen LogP contribution in [0, 0.1) is 0 Å². The van der Waals surface area contributed by atoms with Crippen molar-refractivity contribution in [3.63, 3.8) is 0 Å². The molecule has 4 nitrogen and oxygen atoms in total. The molecule has 128 valence electrons. The third-order valence-electron chi connectivity index (χ3n) is 4.28. The third-order valence-corrected chi connectivity index (χ3v) is 4.28. The first-order valence-corrected chi connectivity index (χ1v) is 8.62. The molecule has 0 spiro atoms. The minimum absolute atomic E-state index is 0.104. The van der Waals surface area contributed by atoms with E-state index in [2.05, 4.69) is 13.5 Å². The van der Waals surface area contributed by atoms with Crippen molar-refractivity contribution in [1.29, 1.82) is 0 Å². The minimum atomic E-state index is -0.735. The second kappa shape index (κ2) is 8.82. The van der Waals surface area contributed by atoms with Gasteiger partial charge in [-0.25, -0.2) is 0 Å². The van der Waals surface area contributed by atoms with Gasteiger partial charge in [-0.3, -0.25) is 0 Å². The molecule has 1 unspecified atom stereocenters. The van der Waals surface area contributed by atoms with Gasteiger partial charge in [-0.1, -0.05) is 51.5 Å². The van der Waals surface area contributed by atoms with Crippen LogP contribution in [0.25, 0.3) is 0 Å². The lowest BCUT2D eigenvalue weighted by atomic mass is 9.96.